The van der Waals surface area contributed by atoms with Crippen LogP contribution in [0.25, 0.3) is 0 Å². The van der Waals surface area contributed by atoms with Gasteiger partial charge in [-0.15, -0.1) is 0 Å². The number of likely N-dealkylation sites (tertiary alicyclic amines) is 1. The maximum atomic E-state index is 12.2. The van der Waals surface area contributed by atoms with Gasteiger partial charge in [-0.2, -0.15) is 0 Å². The normalized spacial score (nSPS) is 17.7. The summed E-state index contributed by atoms with van der Waals surface area (Å²) in [6.07, 6.45) is 0.258. The van der Waals surface area contributed by atoms with E-state index in [0.29, 0.717) is 17.9 Å². The van der Waals surface area contributed by atoms with Gasteiger partial charge >= 0.3 is 0 Å². The lowest BCUT2D eigenvalue weighted by Gasteiger charge is -2.20. The van der Waals surface area contributed by atoms with E-state index in [-0.39, 0.29) is 36.1 Å². The van der Waals surface area contributed by atoms with Crippen LogP contribution in [-0.4, -0.2) is 35.2 Å². The number of benzene rings is 1. The maximum absolute atomic E-state index is 12.2. The highest BCUT2D eigenvalue weighted by molar-refractivity contribution is 5.97. The van der Waals surface area contributed by atoms with E-state index in [1.807, 2.05) is 13.8 Å². The van der Waals surface area contributed by atoms with E-state index < -0.39 is 0 Å². The number of hydrogen-bond donors (Lipinski definition) is 2. The Balaban J connectivity index is 1.95. The number of nitrogens with one attached hydrogen (secondary N) is 2. The second-order valence-electron chi connectivity index (χ2n) is 5.79. The van der Waals surface area contributed by atoms with Crippen molar-refractivity contribution < 1.29 is 14.4 Å². The Kier molecular flexibility index (Phi) is 4.80. The predicted molar refractivity (Wildman–Crippen MR) is 84.3 cm³/mol. The maximum Gasteiger partial charge on any atom is 0.229 e. The van der Waals surface area contributed by atoms with Crippen LogP contribution in [0.1, 0.15) is 27.2 Å². The first kappa shape index (κ1) is 16.0. The summed E-state index contributed by atoms with van der Waals surface area (Å²) in [4.78, 5) is 36.7. The van der Waals surface area contributed by atoms with Gasteiger partial charge in [0.2, 0.25) is 17.7 Å². The van der Waals surface area contributed by atoms with Crippen molar-refractivity contribution in [1.82, 2.24) is 4.90 Å². The average molecular weight is 303 g/mol. The Hall–Kier alpha value is -2.37. The van der Waals surface area contributed by atoms with E-state index in [2.05, 4.69) is 10.6 Å². The zero-order valence-electron chi connectivity index (χ0n) is 13.1. The van der Waals surface area contributed by atoms with Crippen molar-refractivity contribution in [2.75, 3.05) is 17.2 Å². The van der Waals surface area contributed by atoms with Crippen LogP contribution >= 0.6 is 0 Å². The molecule has 1 fully saturated rings. The smallest absolute Gasteiger partial charge is 0.229 e. The number of amides is 3. The summed E-state index contributed by atoms with van der Waals surface area (Å²) >= 11 is 0. The minimum absolute atomic E-state index is 0.0242. The lowest BCUT2D eigenvalue weighted by Crippen LogP contribution is -2.33. The van der Waals surface area contributed by atoms with Gasteiger partial charge in [0.05, 0.1) is 5.92 Å². The molecule has 2 rings (SSSR count). The van der Waals surface area contributed by atoms with Gasteiger partial charge in [0.15, 0.2) is 0 Å². The van der Waals surface area contributed by atoms with Crippen molar-refractivity contribution in [2.24, 2.45) is 5.92 Å². The third-order valence-electron chi connectivity index (χ3n) is 3.63. The Morgan fingerprint density at radius 1 is 1.14 bits per heavy atom. The molecule has 118 valence electrons. The van der Waals surface area contributed by atoms with E-state index in [4.69, 9.17) is 0 Å². The highest BCUT2D eigenvalue weighted by Gasteiger charge is 2.35. The van der Waals surface area contributed by atoms with Crippen molar-refractivity contribution in [3.8, 4) is 0 Å². The van der Waals surface area contributed by atoms with Crippen molar-refractivity contribution in [3.63, 3.8) is 0 Å². The van der Waals surface area contributed by atoms with Gasteiger partial charge in [-0.25, -0.2) is 0 Å². The lowest BCUT2D eigenvalue weighted by molar-refractivity contribution is -0.129. The molecule has 6 heteroatoms. The molecule has 3 amide bonds. The molecular weight excluding hydrogens is 282 g/mol. The molecule has 2 N–H and O–H groups in total. The van der Waals surface area contributed by atoms with E-state index in [9.17, 15) is 14.4 Å². The summed E-state index contributed by atoms with van der Waals surface area (Å²) in [5, 5.41) is 5.48. The molecule has 0 unspecified atom stereocenters. The van der Waals surface area contributed by atoms with Crippen LogP contribution in [0, 0.1) is 5.92 Å². The standard InChI is InChI=1S/C16H21N3O3/c1-10(2)19-9-12(8-15(19)21)16(22)18-14-6-4-13(5-7-14)17-11(3)20/h4-7,10,12H,8-9H2,1-3H3,(H,17,20)(H,18,22)/t12-/m0/s1. The van der Waals surface area contributed by atoms with E-state index in [1.54, 1.807) is 29.2 Å². The van der Waals surface area contributed by atoms with Gasteiger partial charge in [0.1, 0.15) is 0 Å². The van der Waals surface area contributed by atoms with Gasteiger partial charge in [-0.1, -0.05) is 0 Å². The first-order valence-electron chi connectivity index (χ1n) is 7.35. The van der Waals surface area contributed by atoms with Crippen LogP contribution in [-0.2, 0) is 14.4 Å². The van der Waals surface area contributed by atoms with Crippen LogP contribution in [0.4, 0.5) is 11.4 Å². The molecule has 0 bridgehead atoms. The third-order valence-corrected chi connectivity index (χ3v) is 3.63. The molecule has 1 atom stereocenters. The SMILES string of the molecule is CC(=O)Nc1ccc(NC(=O)[C@H]2CC(=O)N(C(C)C)C2)cc1. The molecular formula is C16H21N3O3. The van der Waals surface area contributed by atoms with Crippen LogP contribution in [0.3, 0.4) is 0 Å². The Labute approximate surface area is 129 Å². The van der Waals surface area contributed by atoms with Crippen molar-refractivity contribution in [3.05, 3.63) is 24.3 Å². The van der Waals surface area contributed by atoms with Gasteiger partial charge in [-0.05, 0) is 38.1 Å². The van der Waals surface area contributed by atoms with Crippen LogP contribution in [0.5, 0.6) is 0 Å². The number of anilines is 2. The minimum atomic E-state index is -0.315. The first-order chi connectivity index (χ1) is 10.4. The van der Waals surface area contributed by atoms with E-state index in [1.165, 1.54) is 6.92 Å². The molecule has 1 heterocycles. The summed E-state index contributed by atoms with van der Waals surface area (Å²) in [5.41, 5.74) is 1.32. The predicted octanol–water partition coefficient (Wildman–Crippen LogP) is 1.84. The Morgan fingerprint density at radius 2 is 1.68 bits per heavy atom. The third kappa shape index (κ3) is 3.84. The summed E-state index contributed by atoms with van der Waals surface area (Å²) in [5.74, 6) is -0.583. The van der Waals surface area contributed by atoms with E-state index >= 15 is 0 Å². The molecule has 1 aliphatic heterocycles. The number of nitrogens with zero attached hydrogens (tertiary/aromatic N) is 1. The molecule has 1 aromatic carbocycles. The molecule has 22 heavy (non-hydrogen) atoms. The van der Waals surface area contributed by atoms with Crippen LogP contribution in [0.15, 0.2) is 24.3 Å². The molecule has 1 aromatic rings. The molecule has 0 spiro atoms. The minimum Gasteiger partial charge on any atom is -0.339 e. The van der Waals surface area contributed by atoms with Gasteiger partial charge in [0, 0.05) is 37.3 Å². The number of hydrogen-bond acceptors (Lipinski definition) is 3. The van der Waals surface area contributed by atoms with Gasteiger partial charge in [0.25, 0.3) is 0 Å². The van der Waals surface area contributed by atoms with Crippen LogP contribution in [0.2, 0.25) is 0 Å². The summed E-state index contributed by atoms with van der Waals surface area (Å²) in [6.45, 7) is 5.79. The number of carbonyl (C=O) groups is 3. The highest BCUT2D eigenvalue weighted by atomic mass is 16.2. The fraction of sp³-hybridized carbons (Fsp3) is 0.438. The molecule has 0 aromatic heterocycles. The fourth-order valence-corrected chi connectivity index (χ4v) is 2.49. The summed E-state index contributed by atoms with van der Waals surface area (Å²) in [7, 11) is 0. The van der Waals surface area contributed by atoms with Crippen molar-refractivity contribution in [2.45, 2.75) is 33.2 Å². The monoisotopic (exact) mass is 303 g/mol. The van der Waals surface area contributed by atoms with E-state index in [0.717, 1.165) is 0 Å². The van der Waals surface area contributed by atoms with Crippen molar-refractivity contribution in [1.29, 1.82) is 0 Å². The number of rotatable bonds is 4. The molecule has 0 radical (unpaired) electrons. The summed E-state index contributed by atoms with van der Waals surface area (Å²) in [6, 6.07) is 7.00. The van der Waals surface area contributed by atoms with Crippen molar-refractivity contribution >= 4 is 29.1 Å². The molecule has 6 nitrogen and oxygen atoms in total. The first-order valence-corrected chi connectivity index (χ1v) is 7.35. The second-order valence-corrected chi connectivity index (χ2v) is 5.79. The highest BCUT2D eigenvalue weighted by Crippen LogP contribution is 2.22. The number of carbonyl (C=O) groups excluding carboxylic acids is 3. The van der Waals surface area contributed by atoms with Gasteiger partial charge in [-0.3, -0.25) is 14.4 Å². The molecule has 0 saturated carbocycles. The molecule has 1 aliphatic rings. The zero-order valence-corrected chi connectivity index (χ0v) is 13.1. The second kappa shape index (κ2) is 6.60. The fourth-order valence-electron chi connectivity index (χ4n) is 2.49. The lowest BCUT2D eigenvalue weighted by atomic mass is 10.1. The Bertz CT molecular complexity index is 581. The topological polar surface area (TPSA) is 78.5 Å². The quantitative estimate of drug-likeness (QED) is 0.891. The molecule has 0 aliphatic carbocycles. The Morgan fingerprint density at radius 3 is 2.14 bits per heavy atom. The van der Waals surface area contributed by atoms with Crippen LogP contribution < -0.4 is 10.6 Å². The molecule has 1 saturated heterocycles. The van der Waals surface area contributed by atoms with Gasteiger partial charge < -0.3 is 15.5 Å². The average Bonchev–Trinajstić information content (AvgIpc) is 2.83. The largest absolute Gasteiger partial charge is 0.339 e. The zero-order chi connectivity index (χ0) is 16.3. The summed E-state index contributed by atoms with van der Waals surface area (Å²) < 4.78 is 0.